The normalized spacial score (nSPS) is 18.4. The predicted octanol–water partition coefficient (Wildman–Crippen LogP) is 4.05. The molecule has 2 aliphatic heterocycles. The molecule has 7 heteroatoms. The van der Waals surface area contributed by atoms with Crippen molar-refractivity contribution >= 4 is 28.9 Å². The van der Waals surface area contributed by atoms with Crippen molar-refractivity contribution in [1.82, 2.24) is 4.57 Å². The number of β-amino-alcohol motifs (C(OH)–C–C–N with tert-alkyl or cyclic N) is 1. The molecule has 1 atom stereocenters. The summed E-state index contributed by atoms with van der Waals surface area (Å²) in [5.74, 6) is 0.681. The van der Waals surface area contributed by atoms with E-state index in [1.807, 2.05) is 59.3 Å². The van der Waals surface area contributed by atoms with E-state index in [-0.39, 0.29) is 12.0 Å². The summed E-state index contributed by atoms with van der Waals surface area (Å²) in [6.45, 7) is 2.70. The lowest BCUT2D eigenvalue weighted by atomic mass is 10.1. The van der Waals surface area contributed by atoms with E-state index >= 15 is 0 Å². The van der Waals surface area contributed by atoms with Crippen molar-refractivity contribution in [1.29, 1.82) is 0 Å². The Hall–Kier alpha value is -2.96. The summed E-state index contributed by atoms with van der Waals surface area (Å²) in [6, 6.07) is 15.4. The van der Waals surface area contributed by atoms with Crippen LogP contribution in [-0.2, 0) is 6.54 Å². The molecule has 5 rings (SSSR count). The molecule has 2 aromatic carbocycles. The highest BCUT2D eigenvalue weighted by Crippen LogP contribution is 2.36. The minimum Gasteiger partial charge on any atom is -0.495 e. The van der Waals surface area contributed by atoms with Gasteiger partial charge in [-0.05, 0) is 42.3 Å². The molecular formula is C24H24ClN3O3. The molecule has 0 saturated carbocycles. The van der Waals surface area contributed by atoms with Crippen LogP contribution in [0.15, 0.2) is 54.7 Å². The highest BCUT2D eigenvalue weighted by molar-refractivity contribution is 6.30. The Balaban J connectivity index is 1.42. The van der Waals surface area contributed by atoms with Crippen molar-refractivity contribution < 1.29 is 14.6 Å². The zero-order valence-corrected chi connectivity index (χ0v) is 18.0. The highest BCUT2D eigenvalue weighted by Gasteiger charge is 2.28. The van der Waals surface area contributed by atoms with Crippen LogP contribution in [0.3, 0.4) is 0 Å². The summed E-state index contributed by atoms with van der Waals surface area (Å²) in [5.41, 5.74) is 4.46. The van der Waals surface area contributed by atoms with Crippen molar-refractivity contribution in [2.45, 2.75) is 19.1 Å². The molecule has 0 bridgehead atoms. The van der Waals surface area contributed by atoms with Crippen LogP contribution < -0.4 is 14.5 Å². The Morgan fingerprint density at radius 2 is 1.84 bits per heavy atom. The van der Waals surface area contributed by atoms with E-state index in [2.05, 4.69) is 4.90 Å². The number of amides is 1. The second kappa shape index (κ2) is 7.94. The van der Waals surface area contributed by atoms with Gasteiger partial charge in [-0.1, -0.05) is 23.7 Å². The highest BCUT2D eigenvalue weighted by atomic mass is 35.5. The molecule has 0 aliphatic carbocycles. The van der Waals surface area contributed by atoms with E-state index in [1.54, 1.807) is 12.0 Å². The molecular weight excluding hydrogens is 414 g/mol. The van der Waals surface area contributed by atoms with Crippen LogP contribution in [-0.4, -0.2) is 48.4 Å². The maximum Gasteiger partial charge on any atom is 0.274 e. The summed E-state index contributed by atoms with van der Waals surface area (Å²) in [4.78, 5) is 17.2. The monoisotopic (exact) mass is 437 g/mol. The Kier molecular flexibility index (Phi) is 5.12. The van der Waals surface area contributed by atoms with Crippen LogP contribution in [0.25, 0.3) is 11.1 Å². The van der Waals surface area contributed by atoms with Crippen LogP contribution in [0.1, 0.15) is 16.9 Å². The standard InChI is InChI=1S/C24H24ClN3O3/c1-31-23-13-19(6-7-21(23)26-9-8-20(29)15-26)28-11-10-27-14-17(12-22(27)24(28)30)16-2-4-18(25)5-3-16/h2-7,12-14,20,29H,8-11,15H2,1H3/t20-/m1/s1. The predicted molar refractivity (Wildman–Crippen MR) is 122 cm³/mol. The minimum atomic E-state index is -0.310. The molecule has 0 spiro atoms. The molecule has 6 nitrogen and oxygen atoms in total. The van der Waals surface area contributed by atoms with Crippen LogP contribution in [0, 0.1) is 0 Å². The van der Waals surface area contributed by atoms with Crippen LogP contribution in [0.5, 0.6) is 5.75 Å². The number of fused-ring (bicyclic) bond motifs is 1. The molecule has 1 amide bonds. The molecule has 3 aromatic rings. The first-order valence-electron chi connectivity index (χ1n) is 10.4. The number of rotatable bonds is 4. The molecule has 1 N–H and O–H groups in total. The van der Waals surface area contributed by atoms with E-state index in [1.165, 1.54) is 0 Å². The van der Waals surface area contributed by atoms with Gasteiger partial charge in [-0.25, -0.2) is 0 Å². The molecule has 31 heavy (non-hydrogen) atoms. The molecule has 1 saturated heterocycles. The first-order chi connectivity index (χ1) is 15.0. The summed E-state index contributed by atoms with van der Waals surface area (Å²) >= 11 is 6.00. The summed E-state index contributed by atoms with van der Waals surface area (Å²) in [5, 5.41) is 10.6. The first-order valence-corrected chi connectivity index (χ1v) is 10.8. The Bertz CT molecular complexity index is 1130. The lowest BCUT2D eigenvalue weighted by Crippen LogP contribution is -2.39. The van der Waals surface area contributed by atoms with Crippen molar-refractivity contribution in [3.8, 4) is 16.9 Å². The number of hydrogen-bond donors (Lipinski definition) is 1. The Morgan fingerprint density at radius 1 is 1.03 bits per heavy atom. The fourth-order valence-corrected chi connectivity index (χ4v) is 4.55. The molecule has 1 fully saturated rings. The van der Waals surface area contributed by atoms with Gasteiger partial charge in [-0.2, -0.15) is 0 Å². The van der Waals surface area contributed by atoms with E-state index in [4.69, 9.17) is 16.3 Å². The Morgan fingerprint density at radius 3 is 2.55 bits per heavy atom. The average molecular weight is 438 g/mol. The number of carbonyl (C=O) groups is 1. The van der Waals surface area contributed by atoms with E-state index in [0.29, 0.717) is 29.6 Å². The van der Waals surface area contributed by atoms with Crippen molar-refractivity contribution in [2.75, 3.05) is 36.5 Å². The van der Waals surface area contributed by atoms with Gasteiger partial charge in [-0.3, -0.25) is 4.79 Å². The number of hydrogen-bond acceptors (Lipinski definition) is 4. The topological polar surface area (TPSA) is 57.9 Å². The third-order valence-electron chi connectivity index (χ3n) is 6.08. The Labute approximate surface area is 186 Å². The fraction of sp³-hybridized carbons (Fsp3) is 0.292. The lowest BCUT2D eigenvalue weighted by Gasteiger charge is -2.29. The molecule has 160 valence electrons. The van der Waals surface area contributed by atoms with Crippen molar-refractivity contribution in [3.63, 3.8) is 0 Å². The van der Waals surface area contributed by atoms with Gasteiger partial charge >= 0.3 is 0 Å². The SMILES string of the molecule is COc1cc(N2CCn3cc(-c4ccc(Cl)cc4)cc3C2=O)ccc1N1CC[C@@H](O)C1. The number of anilines is 2. The average Bonchev–Trinajstić information content (AvgIpc) is 3.41. The van der Waals surface area contributed by atoms with Gasteiger partial charge in [-0.15, -0.1) is 0 Å². The summed E-state index contributed by atoms with van der Waals surface area (Å²) < 4.78 is 7.64. The van der Waals surface area contributed by atoms with Crippen LogP contribution in [0.2, 0.25) is 5.02 Å². The first kappa shape index (κ1) is 20.0. The van der Waals surface area contributed by atoms with Crippen LogP contribution >= 0.6 is 11.6 Å². The van der Waals surface area contributed by atoms with Gasteiger partial charge in [0.15, 0.2) is 0 Å². The number of halogens is 1. The maximum absolute atomic E-state index is 13.3. The van der Waals surface area contributed by atoms with Gasteiger partial charge in [0.2, 0.25) is 0 Å². The van der Waals surface area contributed by atoms with Gasteiger partial charge in [0.1, 0.15) is 11.4 Å². The number of benzene rings is 2. The smallest absolute Gasteiger partial charge is 0.274 e. The largest absolute Gasteiger partial charge is 0.495 e. The number of aliphatic hydroxyl groups excluding tert-OH is 1. The molecule has 0 radical (unpaired) electrons. The number of aromatic nitrogens is 1. The number of nitrogens with zero attached hydrogens (tertiary/aromatic N) is 3. The number of ether oxygens (including phenoxy) is 1. The van der Waals surface area contributed by atoms with Crippen molar-refractivity contribution in [2.24, 2.45) is 0 Å². The van der Waals surface area contributed by atoms with Crippen LogP contribution in [0.4, 0.5) is 11.4 Å². The molecule has 0 unspecified atom stereocenters. The zero-order valence-electron chi connectivity index (χ0n) is 17.3. The third kappa shape index (κ3) is 3.66. The van der Waals surface area contributed by atoms with Gasteiger partial charge in [0.25, 0.3) is 5.91 Å². The second-order valence-electron chi connectivity index (χ2n) is 8.02. The fourth-order valence-electron chi connectivity index (χ4n) is 4.42. The van der Waals surface area contributed by atoms with Gasteiger partial charge in [0, 0.05) is 54.7 Å². The number of aliphatic hydroxyl groups is 1. The summed E-state index contributed by atoms with van der Waals surface area (Å²) in [7, 11) is 1.64. The number of carbonyl (C=O) groups excluding carboxylic acids is 1. The third-order valence-corrected chi connectivity index (χ3v) is 6.33. The molecule has 3 heterocycles. The van der Waals surface area contributed by atoms with E-state index < -0.39 is 0 Å². The van der Waals surface area contributed by atoms with E-state index in [0.717, 1.165) is 42.0 Å². The minimum absolute atomic E-state index is 0.0298. The number of methoxy groups -OCH3 is 1. The lowest BCUT2D eigenvalue weighted by molar-refractivity contribution is 0.0965. The summed E-state index contributed by atoms with van der Waals surface area (Å²) in [6.07, 6.45) is 2.47. The van der Waals surface area contributed by atoms with E-state index in [9.17, 15) is 9.90 Å². The van der Waals surface area contributed by atoms with Gasteiger partial charge in [0.05, 0.1) is 18.9 Å². The zero-order chi connectivity index (χ0) is 21.5. The maximum atomic E-state index is 13.3. The molecule has 1 aromatic heterocycles. The second-order valence-corrected chi connectivity index (χ2v) is 8.45. The molecule has 2 aliphatic rings. The van der Waals surface area contributed by atoms with Crippen molar-refractivity contribution in [3.05, 3.63) is 65.4 Å². The quantitative estimate of drug-likeness (QED) is 0.669. The van der Waals surface area contributed by atoms with Gasteiger partial charge < -0.3 is 24.2 Å².